The third-order valence-corrected chi connectivity index (χ3v) is 5.16. The van der Waals surface area contributed by atoms with E-state index in [0.717, 1.165) is 26.2 Å². The Morgan fingerprint density at radius 1 is 1.19 bits per heavy atom. The molecule has 0 atom stereocenters. The number of pyridine rings is 1. The van der Waals surface area contributed by atoms with E-state index in [9.17, 15) is 0 Å². The van der Waals surface area contributed by atoms with E-state index in [1.807, 2.05) is 30.3 Å². The van der Waals surface area contributed by atoms with Crippen LogP contribution in [0.25, 0.3) is 21.6 Å². The molecule has 6 nitrogen and oxygen atoms in total. The number of aromatic nitrogens is 3. The second-order valence-electron chi connectivity index (χ2n) is 5.91. The summed E-state index contributed by atoms with van der Waals surface area (Å²) < 4.78 is 5.33. The lowest BCUT2D eigenvalue weighted by Gasteiger charge is -2.04. The number of hydrogen-bond acceptors (Lipinski definition) is 7. The molecule has 7 heteroatoms. The van der Waals surface area contributed by atoms with Crippen LogP contribution in [-0.2, 0) is 6.42 Å². The van der Waals surface area contributed by atoms with Crippen LogP contribution in [0.2, 0.25) is 0 Å². The van der Waals surface area contributed by atoms with Crippen molar-refractivity contribution in [3.63, 3.8) is 0 Å². The highest BCUT2D eigenvalue weighted by molar-refractivity contribution is 7.18. The van der Waals surface area contributed by atoms with Crippen LogP contribution >= 0.6 is 11.3 Å². The standard InChI is InChI=1S/C20H15N5OS/c1-26-19-14(6-3-7-23-19)9-15-10-16-17(22)24-18(25-20(16)27-15)13-5-2-4-12(8-13)11-21/h2-8,10H,9H2,1H3,(H2,22,24,25). The molecule has 0 fully saturated rings. The lowest BCUT2D eigenvalue weighted by Crippen LogP contribution is -1.96. The van der Waals surface area contributed by atoms with Gasteiger partial charge in [-0.15, -0.1) is 11.3 Å². The van der Waals surface area contributed by atoms with Gasteiger partial charge in [-0.25, -0.2) is 15.0 Å². The van der Waals surface area contributed by atoms with Gasteiger partial charge >= 0.3 is 0 Å². The van der Waals surface area contributed by atoms with E-state index in [1.54, 1.807) is 36.8 Å². The minimum atomic E-state index is 0.429. The first-order valence-electron chi connectivity index (χ1n) is 8.22. The number of nitrogens with zero attached hydrogens (tertiary/aromatic N) is 4. The zero-order valence-corrected chi connectivity index (χ0v) is 15.3. The predicted octanol–water partition coefficient (Wildman–Crippen LogP) is 3.81. The van der Waals surface area contributed by atoms with Crippen LogP contribution < -0.4 is 10.5 Å². The number of nitrogens with two attached hydrogens (primary N) is 1. The number of nitriles is 1. The van der Waals surface area contributed by atoms with Gasteiger partial charge in [-0.3, -0.25) is 0 Å². The third kappa shape index (κ3) is 3.30. The average Bonchev–Trinajstić information content (AvgIpc) is 3.11. The van der Waals surface area contributed by atoms with Gasteiger partial charge in [-0.05, 0) is 24.3 Å². The van der Waals surface area contributed by atoms with E-state index in [0.29, 0.717) is 29.5 Å². The fourth-order valence-corrected chi connectivity index (χ4v) is 3.93. The molecule has 0 saturated carbocycles. The van der Waals surface area contributed by atoms with E-state index in [-0.39, 0.29) is 0 Å². The lowest BCUT2D eigenvalue weighted by molar-refractivity contribution is 0.393. The summed E-state index contributed by atoms with van der Waals surface area (Å²) in [5.41, 5.74) is 8.51. The number of thiophene rings is 1. The Morgan fingerprint density at radius 2 is 2.07 bits per heavy atom. The molecular weight excluding hydrogens is 358 g/mol. The monoisotopic (exact) mass is 373 g/mol. The molecule has 3 aromatic heterocycles. The third-order valence-electron chi connectivity index (χ3n) is 4.13. The molecule has 0 aliphatic rings. The first kappa shape index (κ1) is 16.9. The van der Waals surface area contributed by atoms with Gasteiger partial charge in [0.1, 0.15) is 10.6 Å². The number of fused-ring (bicyclic) bond motifs is 1. The molecule has 4 rings (SSSR count). The number of benzene rings is 1. The van der Waals surface area contributed by atoms with Gasteiger partial charge in [0.2, 0.25) is 5.88 Å². The number of ether oxygens (including phenoxy) is 1. The first-order valence-corrected chi connectivity index (χ1v) is 9.04. The second kappa shape index (κ2) is 7.02. The quantitative estimate of drug-likeness (QED) is 0.584. The van der Waals surface area contributed by atoms with Gasteiger partial charge in [0.15, 0.2) is 5.82 Å². The highest BCUT2D eigenvalue weighted by Gasteiger charge is 2.13. The summed E-state index contributed by atoms with van der Waals surface area (Å²) in [6.45, 7) is 0. The van der Waals surface area contributed by atoms with Crippen LogP contribution in [-0.4, -0.2) is 22.1 Å². The molecule has 0 amide bonds. The topological polar surface area (TPSA) is 97.7 Å². The summed E-state index contributed by atoms with van der Waals surface area (Å²) in [5.74, 6) is 1.56. The molecule has 0 aliphatic heterocycles. The fourth-order valence-electron chi connectivity index (χ4n) is 2.87. The number of rotatable bonds is 4. The van der Waals surface area contributed by atoms with Crippen molar-refractivity contribution in [1.29, 1.82) is 5.26 Å². The van der Waals surface area contributed by atoms with Crippen molar-refractivity contribution < 1.29 is 4.74 Å². The first-order chi connectivity index (χ1) is 13.2. The van der Waals surface area contributed by atoms with Crippen molar-refractivity contribution in [2.75, 3.05) is 12.8 Å². The number of anilines is 1. The average molecular weight is 373 g/mol. The van der Waals surface area contributed by atoms with Gasteiger partial charge < -0.3 is 10.5 Å². The zero-order valence-electron chi connectivity index (χ0n) is 14.5. The maximum Gasteiger partial charge on any atom is 0.216 e. The Hall–Kier alpha value is -3.50. The highest BCUT2D eigenvalue weighted by Crippen LogP contribution is 2.32. The minimum absolute atomic E-state index is 0.429. The van der Waals surface area contributed by atoms with Crippen LogP contribution in [0.1, 0.15) is 16.0 Å². The van der Waals surface area contributed by atoms with Crippen molar-refractivity contribution in [3.8, 4) is 23.3 Å². The minimum Gasteiger partial charge on any atom is -0.481 e. The second-order valence-corrected chi connectivity index (χ2v) is 7.02. The number of methoxy groups -OCH3 is 1. The normalized spacial score (nSPS) is 10.7. The maximum atomic E-state index is 9.09. The van der Waals surface area contributed by atoms with Gasteiger partial charge in [0.25, 0.3) is 0 Å². The van der Waals surface area contributed by atoms with Gasteiger partial charge in [-0.1, -0.05) is 18.2 Å². The van der Waals surface area contributed by atoms with E-state index >= 15 is 0 Å². The predicted molar refractivity (Wildman–Crippen MR) is 106 cm³/mol. The summed E-state index contributed by atoms with van der Waals surface area (Å²) in [4.78, 5) is 15.2. The molecule has 27 heavy (non-hydrogen) atoms. The fraction of sp³-hybridized carbons (Fsp3) is 0.100. The summed E-state index contributed by atoms with van der Waals surface area (Å²) in [7, 11) is 1.61. The van der Waals surface area contributed by atoms with Crippen LogP contribution in [0.5, 0.6) is 5.88 Å². The van der Waals surface area contributed by atoms with Crippen LogP contribution in [0.15, 0.2) is 48.7 Å². The Morgan fingerprint density at radius 3 is 2.89 bits per heavy atom. The Bertz CT molecular complexity index is 1180. The van der Waals surface area contributed by atoms with E-state index in [4.69, 9.17) is 15.7 Å². The Labute approximate surface area is 159 Å². The molecule has 0 unspecified atom stereocenters. The lowest BCUT2D eigenvalue weighted by atomic mass is 10.1. The molecule has 0 spiro atoms. The molecule has 4 aromatic rings. The summed E-state index contributed by atoms with van der Waals surface area (Å²) in [5, 5.41) is 9.92. The number of nitrogen functional groups attached to an aromatic ring is 1. The molecule has 2 N–H and O–H groups in total. The van der Waals surface area contributed by atoms with Crippen LogP contribution in [0.4, 0.5) is 5.82 Å². The van der Waals surface area contributed by atoms with E-state index in [1.165, 1.54) is 0 Å². The summed E-state index contributed by atoms with van der Waals surface area (Å²) >= 11 is 1.56. The smallest absolute Gasteiger partial charge is 0.216 e. The zero-order chi connectivity index (χ0) is 18.8. The van der Waals surface area contributed by atoms with Gasteiger partial charge in [0.05, 0.1) is 24.1 Å². The summed E-state index contributed by atoms with van der Waals surface area (Å²) in [6.07, 6.45) is 2.38. The molecule has 1 aromatic carbocycles. The molecular formula is C20H15N5OS. The molecule has 132 valence electrons. The van der Waals surface area contributed by atoms with Crippen molar-refractivity contribution >= 4 is 27.4 Å². The molecule has 3 heterocycles. The molecule has 0 saturated heterocycles. The van der Waals surface area contributed by atoms with Crippen molar-refractivity contribution in [2.45, 2.75) is 6.42 Å². The molecule has 0 aliphatic carbocycles. The van der Waals surface area contributed by atoms with Crippen molar-refractivity contribution in [3.05, 3.63) is 64.7 Å². The van der Waals surface area contributed by atoms with Gasteiger partial charge in [0, 0.05) is 28.6 Å². The van der Waals surface area contributed by atoms with Crippen molar-refractivity contribution in [1.82, 2.24) is 15.0 Å². The van der Waals surface area contributed by atoms with E-state index < -0.39 is 0 Å². The van der Waals surface area contributed by atoms with E-state index in [2.05, 4.69) is 21.0 Å². The Balaban J connectivity index is 1.74. The maximum absolute atomic E-state index is 9.09. The molecule has 0 radical (unpaired) electrons. The molecule has 0 bridgehead atoms. The summed E-state index contributed by atoms with van der Waals surface area (Å²) in [6, 6.07) is 15.2. The van der Waals surface area contributed by atoms with Gasteiger partial charge in [-0.2, -0.15) is 5.26 Å². The van der Waals surface area contributed by atoms with Crippen LogP contribution in [0, 0.1) is 11.3 Å². The van der Waals surface area contributed by atoms with Crippen molar-refractivity contribution in [2.24, 2.45) is 0 Å². The van der Waals surface area contributed by atoms with Crippen LogP contribution in [0.3, 0.4) is 0 Å². The Kier molecular flexibility index (Phi) is 4.40. The number of hydrogen-bond donors (Lipinski definition) is 1. The SMILES string of the molecule is COc1ncccc1Cc1cc2c(N)nc(-c3cccc(C#N)c3)nc2s1. The highest BCUT2D eigenvalue weighted by atomic mass is 32.1. The largest absolute Gasteiger partial charge is 0.481 e.